The van der Waals surface area contributed by atoms with Gasteiger partial charge in [-0.15, -0.1) is 0 Å². The molecule has 0 unspecified atom stereocenters. The molecular weight excluding hydrogens is 282 g/mol. The summed E-state index contributed by atoms with van der Waals surface area (Å²) in [6.45, 7) is 9.14. The summed E-state index contributed by atoms with van der Waals surface area (Å²) in [5, 5.41) is 3.50. The fourth-order valence-electron chi connectivity index (χ4n) is 2.36. The Balaban J connectivity index is 1.80. The third-order valence-electron chi connectivity index (χ3n) is 3.60. The van der Waals surface area contributed by atoms with Crippen LogP contribution in [0, 0.1) is 11.8 Å². The molecule has 2 heteroatoms. The summed E-state index contributed by atoms with van der Waals surface area (Å²) >= 11 is 0. The van der Waals surface area contributed by atoms with Crippen LogP contribution in [0.15, 0.2) is 54.6 Å². The Morgan fingerprint density at radius 2 is 1.65 bits per heavy atom. The van der Waals surface area contributed by atoms with E-state index >= 15 is 0 Å². The van der Waals surface area contributed by atoms with Crippen molar-refractivity contribution in [2.24, 2.45) is 5.41 Å². The normalized spacial score (nSPS) is 11.4. The highest BCUT2D eigenvalue weighted by Gasteiger charge is 2.09. The Labute approximate surface area is 140 Å². The Bertz CT molecular complexity index is 572. The highest BCUT2D eigenvalue weighted by atomic mass is 16.5. The van der Waals surface area contributed by atoms with E-state index in [0.717, 1.165) is 25.3 Å². The van der Waals surface area contributed by atoms with Crippen LogP contribution in [0.3, 0.4) is 0 Å². The maximum Gasteiger partial charge on any atom is 0.124 e. The van der Waals surface area contributed by atoms with Crippen LogP contribution in [-0.2, 0) is 13.2 Å². The molecule has 0 fully saturated rings. The van der Waals surface area contributed by atoms with E-state index in [0.29, 0.717) is 12.0 Å². The Morgan fingerprint density at radius 1 is 0.957 bits per heavy atom. The van der Waals surface area contributed by atoms with Crippen LogP contribution in [0.2, 0.25) is 0 Å². The first kappa shape index (κ1) is 17.6. The molecule has 1 N–H and O–H groups in total. The van der Waals surface area contributed by atoms with Gasteiger partial charge in [0.1, 0.15) is 12.4 Å². The largest absolute Gasteiger partial charge is 0.489 e. The predicted molar refractivity (Wildman–Crippen MR) is 97.3 cm³/mol. The van der Waals surface area contributed by atoms with E-state index in [4.69, 9.17) is 4.74 Å². The topological polar surface area (TPSA) is 21.3 Å². The molecule has 0 spiro atoms. The molecule has 2 aromatic carbocycles. The zero-order chi connectivity index (χ0) is 16.5. The fourth-order valence-corrected chi connectivity index (χ4v) is 2.36. The summed E-state index contributed by atoms with van der Waals surface area (Å²) in [6, 6.07) is 18.5. The summed E-state index contributed by atoms with van der Waals surface area (Å²) in [4.78, 5) is 0. The number of benzene rings is 2. The molecule has 1 radical (unpaired) electrons. The lowest BCUT2D eigenvalue weighted by Gasteiger charge is -2.17. The first-order chi connectivity index (χ1) is 11.0. The lowest BCUT2D eigenvalue weighted by Crippen LogP contribution is -2.18. The number of rotatable bonds is 8. The molecule has 23 heavy (non-hydrogen) atoms. The van der Waals surface area contributed by atoms with Gasteiger partial charge in [0.2, 0.25) is 0 Å². The van der Waals surface area contributed by atoms with Crippen LogP contribution in [0.4, 0.5) is 0 Å². The first-order valence-electron chi connectivity index (χ1n) is 8.34. The lowest BCUT2D eigenvalue weighted by molar-refractivity contribution is 0.302. The molecular formula is C21H28NO. The fraction of sp³-hybridized carbons (Fsp3) is 0.381. The van der Waals surface area contributed by atoms with Gasteiger partial charge >= 0.3 is 0 Å². The van der Waals surface area contributed by atoms with Gasteiger partial charge in [0, 0.05) is 12.1 Å². The van der Waals surface area contributed by atoms with Gasteiger partial charge in [0.05, 0.1) is 0 Å². The van der Waals surface area contributed by atoms with E-state index < -0.39 is 0 Å². The molecule has 0 aromatic heterocycles. The molecule has 2 aromatic rings. The van der Waals surface area contributed by atoms with Crippen molar-refractivity contribution in [1.29, 1.82) is 0 Å². The van der Waals surface area contributed by atoms with Crippen molar-refractivity contribution in [1.82, 2.24) is 5.32 Å². The summed E-state index contributed by atoms with van der Waals surface area (Å²) in [5.74, 6) is 0.962. The summed E-state index contributed by atoms with van der Waals surface area (Å²) in [7, 11) is 0. The molecule has 0 aliphatic heterocycles. The van der Waals surface area contributed by atoms with Crippen molar-refractivity contribution in [2.45, 2.75) is 40.3 Å². The average Bonchev–Trinajstić information content (AvgIpc) is 2.53. The van der Waals surface area contributed by atoms with Crippen LogP contribution in [0.25, 0.3) is 0 Å². The molecule has 123 valence electrons. The molecule has 0 aliphatic rings. The third kappa shape index (κ3) is 6.87. The minimum absolute atomic E-state index is 0.290. The number of hydrogen-bond acceptors (Lipinski definition) is 2. The highest BCUT2D eigenvalue weighted by Crippen LogP contribution is 2.20. The van der Waals surface area contributed by atoms with E-state index in [1.807, 2.05) is 30.3 Å². The van der Waals surface area contributed by atoms with Gasteiger partial charge in [-0.25, -0.2) is 0 Å². The maximum atomic E-state index is 5.99. The number of ether oxygens (including phenoxy) is 1. The number of hydrogen-bond donors (Lipinski definition) is 1. The zero-order valence-corrected chi connectivity index (χ0v) is 14.5. The molecule has 0 saturated carbocycles. The quantitative estimate of drug-likeness (QED) is 0.693. The van der Waals surface area contributed by atoms with Gasteiger partial charge < -0.3 is 10.1 Å². The zero-order valence-electron chi connectivity index (χ0n) is 14.5. The van der Waals surface area contributed by atoms with Crippen molar-refractivity contribution < 1.29 is 4.74 Å². The lowest BCUT2D eigenvalue weighted by atomic mass is 9.91. The van der Waals surface area contributed by atoms with Crippen LogP contribution < -0.4 is 10.1 Å². The summed E-state index contributed by atoms with van der Waals surface area (Å²) in [5.41, 5.74) is 2.69. The smallest absolute Gasteiger partial charge is 0.124 e. The second-order valence-corrected chi connectivity index (χ2v) is 6.92. The molecule has 0 aliphatic carbocycles. The standard InChI is InChI=1S/C21H28NO/c1-21(2,3)14-9-15-22-16-19-12-7-8-13-20(19)23-17-18-10-5-4-6-11-18/h4-8,10-14,22H,9,15-17H2,1-3H3. The monoisotopic (exact) mass is 310 g/mol. The van der Waals surface area contributed by atoms with Gasteiger partial charge in [-0.2, -0.15) is 0 Å². The highest BCUT2D eigenvalue weighted by molar-refractivity contribution is 5.33. The Morgan fingerprint density at radius 3 is 2.39 bits per heavy atom. The van der Waals surface area contributed by atoms with E-state index in [9.17, 15) is 0 Å². The molecule has 0 heterocycles. The first-order valence-corrected chi connectivity index (χ1v) is 8.34. The van der Waals surface area contributed by atoms with Crippen molar-refractivity contribution in [2.75, 3.05) is 6.54 Å². The second kappa shape index (κ2) is 8.73. The van der Waals surface area contributed by atoms with E-state index in [1.54, 1.807) is 0 Å². The Kier molecular flexibility index (Phi) is 6.66. The van der Waals surface area contributed by atoms with E-state index in [1.165, 1.54) is 11.1 Å². The minimum atomic E-state index is 0.290. The van der Waals surface area contributed by atoms with E-state index in [2.05, 4.69) is 56.8 Å². The van der Waals surface area contributed by atoms with Crippen molar-refractivity contribution in [3.63, 3.8) is 0 Å². The average molecular weight is 310 g/mol. The van der Waals surface area contributed by atoms with Gasteiger partial charge in [0.25, 0.3) is 0 Å². The predicted octanol–water partition coefficient (Wildman–Crippen LogP) is 5.00. The number of nitrogens with one attached hydrogen (secondary N) is 1. The van der Waals surface area contributed by atoms with Crippen LogP contribution in [-0.4, -0.2) is 6.54 Å². The third-order valence-corrected chi connectivity index (χ3v) is 3.60. The molecule has 2 nitrogen and oxygen atoms in total. The minimum Gasteiger partial charge on any atom is -0.489 e. The molecule has 0 atom stereocenters. The van der Waals surface area contributed by atoms with Gasteiger partial charge in [-0.05, 0) is 36.4 Å². The molecule has 0 saturated heterocycles. The van der Waals surface area contributed by atoms with Crippen molar-refractivity contribution in [3.8, 4) is 5.75 Å². The summed E-state index contributed by atoms with van der Waals surface area (Å²) in [6.07, 6.45) is 3.44. The Hall–Kier alpha value is -1.80. The number of para-hydroxylation sites is 1. The van der Waals surface area contributed by atoms with Gasteiger partial charge in [-0.1, -0.05) is 69.3 Å². The SMILES string of the molecule is CC(C)(C)[CH]CCNCc1ccccc1OCc1ccccc1. The molecule has 0 amide bonds. The van der Waals surface area contributed by atoms with Crippen LogP contribution in [0.1, 0.15) is 38.3 Å². The van der Waals surface area contributed by atoms with Gasteiger partial charge in [-0.3, -0.25) is 0 Å². The summed E-state index contributed by atoms with van der Waals surface area (Å²) < 4.78 is 5.99. The van der Waals surface area contributed by atoms with Crippen LogP contribution >= 0.6 is 0 Å². The maximum absolute atomic E-state index is 5.99. The van der Waals surface area contributed by atoms with Crippen LogP contribution in [0.5, 0.6) is 5.75 Å². The second-order valence-electron chi connectivity index (χ2n) is 6.92. The van der Waals surface area contributed by atoms with Crippen molar-refractivity contribution >= 4 is 0 Å². The van der Waals surface area contributed by atoms with Gasteiger partial charge in [0.15, 0.2) is 0 Å². The van der Waals surface area contributed by atoms with Crippen molar-refractivity contribution in [3.05, 3.63) is 72.1 Å². The molecule has 2 rings (SSSR count). The van der Waals surface area contributed by atoms with E-state index in [-0.39, 0.29) is 0 Å². The molecule has 0 bridgehead atoms.